The lowest BCUT2D eigenvalue weighted by Crippen LogP contribution is -2.47. The second kappa shape index (κ2) is 9.89. The van der Waals surface area contributed by atoms with E-state index in [-0.39, 0.29) is 24.0 Å². The number of aryl methyl sites for hydroxylation is 1. The molecule has 1 aliphatic heterocycles. The van der Waals surface area contributed by atoms with Crippen molar-refractivity contribution in [3.05, 3.63) is 30.4 Å². The SMILES string of the molecule is CCNC(=NCc1nccn1CC(C)C)NC1CCc2ncnn2C1.I. The Morgan fingerprint density at radius 2 is 2.23 bits per heavy atom. The minimum absolute atomic E-state index is 0. The van der Waals surface area contributed by atoms with Crippen LogP contribution >= 0.6 is 24.0 Å². The van der Waals surface area contributed by atoms with Gasteiger partial charge in [-0.1, -0.05) is 13.8 Å². The van der Waals surface area contributed by atoms with E-state index in [2.05, 4.69) is 51.0 Å². The van der Waals surface area contributed by atoms with Crippen molar-refractivity contribution in [2.75, 3.05) is 6.54 Å². The predicted molar refractivity (Wildman–Crippen MR) is 113 cm³/mol. The normalized spacial score (nSPS) is 16.9. The summed E-state index contributed by atoms with van der Waals surface area (Å²) in [7, 11) is 0. The molecule has 9 heteroatoms. The number of halogens is 1. The van der Waals surface area contributed by atoms with Crippen LogP contribution in [0.4, 0.5) is 0 Å². The summed E-state index contributed by atoms with van der Waals surface area (Å²) in [6, 6.07) is 0.308. The lowest BCUT2D eigenvalue weighted by atomic mass is 10.1. The molecule has 2 aromatic heterocycles. The van der Waals surface area contributed by atoms with E-state index >= 15 is 0 Å². The van der Waals surface area contributed by atoms with Crippen molar-refractivity contribution in [1.82, 2.24) is 34.9 Å². The van der Waals surface area contributed by atoms with E-state index in [4.69, 9.17) is 4.99 Å². The van der Waals surface area contributed by atoms with Gasteiger partial charge in [-0.25, -0.2) is 19.6 Å². The molecule has 0 bridgehead atoms. The largest absolute Gasteiger partial charge is 0.357 e. The average Bonchev–Trinajstić information content (AvgIpc) is 3.21. The Morgan fingerprint density at radius 1 is 1.38 bits per heavy atom. The first kappa shape index (κ1) is 20.7. The second-order valence-electron chi connectivity index (χ2n) is 6.82. The molecule has 0 aromatic carbocycles. The maximum atomic E-state index is 4.73. The van der Waals surface area contributed by atoms with Crippen molar-refractivity contribution < 1.29 is 0 Å². The van der Waals surface area contributed by atoms with E-state index < -0.39 is 0 Å². The van der Waals surface area contributed by atoms with E-state index in [1.54, 1.807) is 6.33 Å². The quantitative estimate of drug-likeness (QED) is 0.381. The first-order valence-corrected chi connectivity index (χ1v) is 9.07. The molecule has 0 aliphatic carbocycles. The van der Waals surface area contributed by atoms with Gasteiger partial charge in [0.2, 0.25) is 0 Å². The molecule has 3 rings (SSSR count). The maximum absolute atomic E-state index is 4.73. The number of hydrogen-bond donors (Lipinski definition) is 2. The van der Waals surface area contributed by atoms with Crippen molar-refractivity contribution >= 4 is 29.9 Å². The van der Waals surface area contributed by atoms with Gasteiger partial charge < -0.3 is 15.2 Å². The van der Waals surface area contributed by atoms with Gasteiger partial charge in [0, 0.05) is 37.9 Å². The molecule has 3 heterocycles. The molecule has 0 saturated carbocycles. The minimum atomic E-state index is 0. The number of hydrogen-bond acceptors (Lipinski definition) is 4. The van der Waals surface area contributed by atoms with Crippen molar-refractivity contribution in [3.8, 4) is 0 Å². The Morgan fingerprint density at radius 3 is 3.00 bits per heavy atom. The highest BCUT2D eigenvalue weighted by atomic mass is 127. The van der Waals surface area contributed by atoms with Crippen LogP contribution in [0.1, 0.15) is 38.8 Å². The van der Waals surface area contributed by atoms with Gasteiger partial charge in [-0.2, -0.15) is 5.10 Å². The fraction of sp³-hybridized carbons (Fsp3) is 0.647. The molecular weight excluding hydrogens is 443 g/mol. The highest BCUT2D eigenvalue weighted by Crippen LogP contribution is 2.11. The molecular formula is C17H29IN8. The third-order valence-electron chi connectivity index (χ3n) is 4.23. The topological polar surface area (TPSA) is 84.9 Å². The van der Waals surface area contributed by atoms with Crippen LogP contribution in [0.2, 0.25) is 0 Å². The summed E-state index contributed by atoms with van der Waals surface area (Å²) in [5.41, 5.74) is 0. The molecule has 8 nitrogen and oxygen atoms in total. The third-order valence-corrected chi connectivity index (χ3v) is 4.23. The fourth-order valence-corrected chi connectivity index (χ4v) is 3.07. The summed E-state index contributed by atoms with van der Waals surface area (Å²) < 4.78 is 4.15. The van der Waals surface area contributed by atoms with E-state index in [1.165, 1.54) is 0 Å². The molecule has 2 N–H and O–H groups in total. The highest BCUT2D eigenvalue weighted by Gasteiger charge is 2.20. The zero-order valence-corrected chi connectivity index (χ0v) is 18.1. The molecule has 144 valence electrons. The van der Waals surface area contributed by atoms with Gasteiger partial charge in [-0.05, 0) is 19.3 Å². The molecule has 1 atom stereocenters. The standard InChI is InChI=1S/C17H28N8.HI/c1-4-18-17(20-9-16-19-7-8-24(16)10-13(2)3)23-14-5-6-15-21-12-22-25(15)11-14;/h7-8,12-14H,4-6,9-11H2,1-3H3,(H2,18,20,23);1H. The Labute approximate surface area is 171 Å². The van der Waals surface area contributed by atoms with Gasteiger partial charge in [-0.15, -0.1) is 24.0 Å². The third kappa shape index (κ3) is 5.42. The van der Waals surface area contributed by atoms with E-state index in [0.29, 0.717) is 18.5 Å². The highest BCUT2D eigenvalue weighted by molar-refractivity contribution is 14.0. The monoisotopic (exact) mass is 472 g/mol. The number of guanidine groups is 1. The van der Waals surface area contributed by atoms with Gasteiger partial charge in [0.1, 0.15) is 24.5 Å². The molecule has 0 saturated heterocycles. The zero-order valence-electron chi connectivity index (χ0n) is 15.7. The van der Waals surface area contributed by atoms with Crippen molar-refractivity contribution in [1.29, 1.82) is 0 Å². The molecule has 1 unspecified atom stereocenters. The smallest absolute Gasteiger partial charge is 0.191 e. The van der Waals surface area contributed by atoms with Crippen LogP contribution in [0.3, 0.4) is 0 Å². The van der Waals surface area contributed by atoms with Gasteiger partial charge in [0.25, 0.3) is 0 Å². The first-order chi connectivity index (χ1) is 12.2. The van der Waals surface area contributed by atoms with E-state index in [1.807, 2.05) is 17.1 Å². The summed E-state index contributed by atoms with van der Waals surface area (Å²) in [4.78, 5) is 13.5. The number of rotatable bonds is 6. The second-order valence-corrected chi connectivity index (χ2v) is 6.82. The van der Waals surface area contributed by atoms with Crippen LogP contribution in [-0.2, 0) is 26.1 Å². The van der Waals surface area contributed by atoms with E-state index in [9.17, 15) is 0 Å². The molecule has 0 spiro atoms. The van der Waals surface area contributed by atoms with Crippen LogP contribution < -0.4 is 10.6 Å². The van der Waals surface area contributed by atoms with Crippen molar-refractivity contribution in [3.63, 3.8) is 0 Å². The van der Waals surface area contributed by atoms with Crippen LogP contribution in [0, 0.1) is 5.92 Å². The first-order valence-electron chi connectivity index (χ1n) is 9.07. The van der Waals surface area contributed by atoms with Gasteiger partial charge in [-0.3, -0.25) is 0 Å². The predicted octanol–water partition coefficient (Wildman–Crippen LogP) is 1.82. The number of fused-ring (bicyclic) bond motifs is 1. The summed E-state index contributed by atoms with van der Waals surface area (Å²) in [6.07, 6.45) is 7.48. The Hall–Kier alpha value is -1.65. The lowest BCUT2D eigenvalue weighted by molar-refractivity contribution is 0.392. The number of aliphatic imine (C=N–C) groups is 1. The molecule has 0 radical (unpaired) electrons. The number of nitrogens with zero attached hydrogens (tertiary/aromatic N) is 6. The maximum Gasteiger partial charge on any atom is 0.191 e. The summed E-state index contributed by atoms with van der Waals surface area (Å²) in [5.74, 6) is 3.47. The number of imidazole rings is 1. The van der Waals surface area contributed by atoms with Crippen LogP contribution in [-0.4, -0.2) is 42.9 Å². The van der Waals surface area contributed by atoms with Gasteiger partial charge >= 0.3 is 0 Å². The fourth-order valence-electron chi connectivity index (χ4n) is 3.07. The number of nitrogens with one attached hydrogen (secondary N) is 2. The molecule has 0 amide bonds. The van der Waals surface area contributed by atoms with E-state index in [0.717, 1.165) is 50.1 Å². The molecule has 0 fully saturated rings. The van der Waals surface area contributed by atoms with Crippen LogP contribution in [0.25, 0.3) is 0 Å². The lowest BCUT2D eigenvalue weighted by Gasteiger charge is -2.25. The molecule has 1 aliphatic rings. The summed E-state index contributed by atoms with van der Waals surface area (Å²) >= 11 is 0. The summed E-state index contributed by atoms with van der Waals surface area (Å²) in [6.45, 7) is 9.67. The Kier molecular flexibility index (Phi) is 7.85. The Bertz CT molecular complexity index is 705. The van der Waals surface area contributed by atoms with Crippen molar-refractivity contribution in [2.24, 2.45) is 10.9 Å². The average molecular weight is 472 g/mol. The van der Waals surface area contributed by atoms with Crippen LogP contribution in [0.5, 0.6) is 0 Å². The number of aromatic nitrogens is 5. The molecule has 26 heavy (non-hydrogen) atoms. The zero-order chi connectivity index (χ0) is 17.6. The Balaban J connectivity index is 0.00000243. The molecule has 2 aromatic rings. The van der Waals surface area contributed by atoms with Crippen molar-refractivity contribution in [2.45, 2.75) is 59.3 Å². The van der Waals surface area contributed by atoms with Crippen LogP contribution in [0.15, 0.2) is 23.7 Å². The summed E-state index contributed by atoms with van der Waals surface area (Å²) in [5, 5.41) is 11.1. The minimum Gasteiger partial charge on any atom is -0.357 e. The van der Waals surface area contributed by atoms with Gasteiger partial charge in [0.15, 0.2) is 5.96 Å². The van der Waals surface area contributed by atoms with Gasteiger partial charge in [0.05, 0.1) is 6.54 Å².